The second-order valence-electron chi connectivity index (χ2n) is 4.60. The van der Waals surface area contributed by atoms with Crippen molar-refractivity contribution in [2.24, 2.45) is 0 Å². The lowest BCUT2D eigenvalue weighted by atomic mass is 9.87. The zero-order valence-electron chi connectivity index (χ0n) is 10.1. The number of benzene rings is 2. The maximum atomic E-state index is 5.44. The van der Waals surface area contributed by atoms with Gasteiger partial charge in [-0.15, -0.1) is 0 Å². The Morgan fingerprint density at radius 1 is 0.944 bits per heavy atom. The Kier molecular flexibility index (Phi) is 3.11. The minimum absolute atomic E-state index is 0.440. The molecule has 2 aromatic rings. The van der Waals surface area contributed by atoms with E-state index in [9.17, 15) is 0 Å². The summed E-state index contributed by atoms with van der Waals surface area (Å²) in [5, 5.41) is 3.33. The fourth-order valence-corrected chi connectivity index (χ4v) is 2.91. The normalized spacial score (nSPS) is 18.7. The molecule has 90 valence electrons. The molecule has 0 aromatic heterocycles. The van der Waals surface area contributed by atoms with Gasteiger partial charge in [0, 0.05) is 18.0 Å². The summed E-state index contributed by atoms with van der Waals surface area (Å²) >= 11 is 5.44. The van der Waals surface area contributed by atoms with Crippen LogP contribution in [0.5, 0.6) is 0 Å². The molecule has 0 spiro atoms. The summed E-state index contributed by atoms with van der Waals surface area (Å²) in [4.78, 5) is 0.879. The van der Waals surface area contributed by atoms with Gasteiger partial charge in [-0.1, -0.05) is 66.8 Å². The van der Waals surface area contributed by atoms with Crippen molar-refractivity contribution in [3.05, 3.63) is 71.3 Å². The van der Waals surface area contributed by atoms with Crippen LogP contribution in [-0.2, 0) is 0 Å². The molecular weight excluding hydrogens is 238 g/mol. The first kappa shape index (κ1) is 11.4. The molecule has 2 heteroatoms. The maximum absolute atomic E-state index is 5.44. The van der Waals surface area contributed by atoms with Gasteiger partial charge in [0.2, 0.25) is 0 Å². The highest BCUT2D eigenvalue weighted by atomic mass is 32.1. The highest BCUT2D eigenvalue weighted by Crippen LogP contribution is 2.31. The highest BCUT2D eigenvalue weighted by Gasteiger charge is 2.21. The molecule has 0 saturated carbocycles. The minimum atomic E-state index is 0.440. The van der Waals surface area contributed by atoms with Gasteiger partial charge in [-0.25, -0.2) is 0 Å². The summed E-state index contributed by atoms with van der Waals surface area (Å²) < 4.78 is 0. The van der Waals surface area contributed by atoms with Crippen molar-refractivity contribution < 1.29 is 0 Å². The van der Waals surface area contributed by atoms with Gasteiger partial charge in [-0.2, -0.15) is 0 Å². The molecule has 0 saturated heterocycles. The Morgan fingerprint density at radius 3 is 2.50 bits per heavy atom. The number of thiocarbonyl (C=S) groups is 1. The number of nitrogens with one attached hydrogen (secondary N) is 1. The average Bonchev–Trinajstić information content (AvgIpc) is 2.60. The molecule has 1 atom stereocenters. The monoisotopic (exact) mass is 253 g/mol. The summed E-state index contributed by atoms with van der Waals surface area (Å²) in [6.45, 7) is 0.938. The number of rotatable bonds is 1. The SMILES string of the molecule is S=C1NCC[C@H](c2ccccc2)c2ccccc21. The van der Waals surface area contributed by atoms with Crippen LogP contribution >= 0.6 is 12.2 Å². The molecule has 1 aliphatic heterocycles. The van der Waals surface area contributed by atoms with E-state index in [-0.39, 0.29) is 0 Å². The summed E-state index contributed by atoms with van der Waals surface area (Å²) in [5.41, 5.74) is 3.90. The predicted octanol–water partition coefficient (Wildman–Crippen LogP) is 3.49. The van der Waals surface area contributed by atoms with E-state index in [0.717, 1.165) is 18.0 Å². The Bertz CT molecular complexity index is 562. The Balaban J connectivity index is 2.11. The van der Waals surface area contributed by atoms with E-state index >= 15 is 0 Å². The largest absolute Gasteiger partial charge is 0.376 e. The van der Waals surface area contributed by atoms with Crippen molar-refractivity contribution in [3.8, 4) is 0 Å². The first-order chi connectivity index (χ1) is 8.86. The fourth-order valence-electron chi connectivity index (χ4n) is 2.62. The topological polar surface area (TPSA) is 12.0 Å². The van der Waals surface area contributed by atoms with Gasteiger partial charge in [-0.05, 0) is 17.5 Å². The van der Waals surface area contributed by atoms with Crippen LogP contribution in [0, 0.1) is 0 Å². The molecule has 3 rings (SSSR count). The summed E-state index contributed by atoms with van der Waals surface area (Å²) in [6.07, 6.45) is 1.08. The van der Waals surface area contributed by atoms with Crippen LogP contribution in [0.2, 0.25) is 0 Å². The zero-order valence-corrected chi connectivity index (χ0v) is 10.9. The second kappa shape index (κ2) is 4.91. The van der Waals surface area contributed by atoms with E-state index in [4.69, 9.17) is 12.2 Å². The van der Waals surface area contributed by atoms with Gasteiger partial charge < -0.3 is 5.32 Å². The van der Waals surface area contributed by atoms with Crippen molar-refractivity contribution in [3.63, 3.8) is 0 Å². The molecule has 0 amide bonds. The van der Waals surface area contributed by atoms with E-state index in [0.29, 0.717) is 5.92 Å². The van der Waals surface area contributed by atoms with Crippen LogP contribution in [0.3, 0.4) is 0 Å². The first-order valence-corrected chi connectivity index (χ1v) is 6.69. The van der Waals surface area contributed by atoms with Crippen molar-refractivity contribution in [1.82, 2.24) is 5.32 Å². The lowest BCUT2D eigenvalue weighted by Gasteiger charge is -2.17. The Hall–Kier alpha value is -1.67. The van der Waals surface area contributed by atoms with Gasteiger partial charge in [0.25, 0.3) is 0 Å². The third-order valence-corrected chi connectivity index (χ3v) is 3.87. The van der Waals surface area contributed by atoms with Crippen LogP contribution in [0.1, 0.15) is 29.0 Å². The quantitative estimate of drug-likeness (QED) is 0.781. The molecule has 1 aliphatic rings. The Morgan fingerprint density at radius 2 is 1.67 bits per heavy atom. The molecule has 0 aliphatic carbocycles. The zero-order chi connectivity index (χ0) is 12.4. The van der Waals surface area contributed by atoms with E-state index in [1.54, 1.807) is 0 Å². The number of hydrogen-bond donors (Lipinski definition) is 1. The van der Waals surface area contributed by atoms with Gasteiger partial charge in [-0.3, -0.25) is 0 Å². The highest BCUT2D eigenvalue weighted by molar-refractivity contribution is 7.80. The first-order valence-electron chi connectivity index (χ1n) is 6.28. The lowest BCUT2D eigenvalue weighted by Crippen LogP contribution is -2.21. The van der Waals surface area contributed by atoms with E-state index in [1.165, 1.54) is 16.7 Å². The van der Waals surface area contributed by atoms with Crippen molar-refractivity contribution in [2.75, 3.05) is 6.54 Å². The van der Waals surface area contributed by atoms with E-state index < -0.39 is 0 Å². The van der Waals surface area contributed by atoms with Gasteiger partial charge in [0.05, 0.1) is 0 Å². The fraction of sp³-hybridized carbons (Fsp3) is 0.188. The molecule has 0 fully saturated rings. The molecule has 2 aromatic carbocycles. The van der Waals surface area contributed by atoms with Crippen LogP contribution in [0.25, 0.3) is 0 Å². The van der Waals surface area contributed by atoms with Crippen LogP contribution < -0.4 is 5.32 Å². The van der Waals surface area contributed by atoms with Gasteiger partial charge >= 0.3 is 0 Å². The van der Waals surface area contributed by atoms with E-state index in [2.05, 4.69) is 59.9 Å². The Labute approximate surface area is 113 Å². The van der Waals surface area contributed by atoms with E-state index in [1.807, 2.05) is 0 Å². The second-order valence-corrected chi connectivity index (χ2v) is 5.00. The standard InChI is InChI=1S/C16H15NS/c18-16-15-9-5-4-8-14(15)13(10-11-17-16)12-6-2-1-3-7-12/h1-9,13H,10-11H2,(H,17,18)/t13-/m1/s1. The summed E-state index contributed by atoms with van der Waals surface area (Å²) in [5.74, 6) is 0.440. The molecule has 1 N–H and O–H groups in total. The van der Waals surface area contributed by atoms with Crippen molar-refractivity contribution >= 4 is 17.2 Å². The number of hydrogen-bond acceptors (Lipinski definition) is 1. The van der Waals surface area contributed by atoms with Crippen LogP contribution in [-0.4, -0.2) is 11.5 Å². The molecule has 0 unspecified atom stereocenters. The van der Waals surface area contributed by atoms with Gasteiger partial charge in [0.15, 0.2) is 0 Å². The van der Waals surface area contributed by atoms with Gasteiger partial charge in [0.1, 0.15) is 4.99 Å². The smallest absolute Gasteiger partial charge is 0.106 e. The molecule has 0 radical (unpaired) electrons. The number of fused-ring (bicyclic) bond motifs is 1. The molecular formula is C16H15NS. The molecule has 1 nitrogen and oxygen atoms in total. The third kappa shape index (κ3) is 2.04. The molecule has 0 bridgehead atoms. The van der Waals surface area contributed by atoms with Crippen molar-refractivity contribution in [1.29, 1.82) is 0 Å². The third-order valence-electron chi connectivity index (χ3n) is 3.50. The van der Waals surface area contributed by atoms with Crippen LogP contribution in [0.4, 0.5) is 0 Å². The average molecular weight is 253 g/mol. The molecule has 18 heavy (non-hydrogen) atoms. The maximum Gasteiger partial charge on any atom is 0.106 e. The van der Waals surface area contributed by atoms with Crippen LogP contribution in [0.15, 0.2) is 54.6 Å². The molecule has 1 heterocycles. The minimum Gasteiger partial charge on any atom is -0.376 e. The summed E-state index contributed by atoms with van der Waals surface area (Å²) in [6, 6.07) is 19.2. The predicted molar refractivity (Wildman–Crippen MR) is 79.0 cm³/mol. The lowest BCUT2D eigenvalue weighted by molar-refractivity contribution is 0.708. The van der Waals surface area contributed by atoms with Crippen molar-refractivity contribution in [2.45, 2.75) is 12.3 Å². The summed E-state index contributed by atoms with van der Waals surface area (Å²) in [7, 11) is 0.